The molecular weight excluding hydrogens is 320 g/mol. The van der Waals surface area contributed by atoms with E-state index in [2.05, 4.69) is 12.2 Å². The number of imide groups is 1. The molecule has 25 heavy (non-hydrogen) atoms. The highest BCUT2D eigenvalue weighted by atomic mass is 16.5. The Morgan fingerprint density at radius 2 is 1.64 bits per heavy atom. The standard InChI is InChI=1S/C19H26N2O4/c22-15(20-8-10-25-11-9-20)4-2-1-3-7-21-18(23)16-13-5-6-14(12-13)17(16)19(21)24/h5-6,13-14,16-17H,1-4,7-12H2. The minimum absolute atomic E-state index is 0.0382. The van der Waals surface area contributed by atoms with Gasteiger partial charge in [0.1, 0.15) is 0 Å². The number of hydrogen-bond donors (Lipinski definition) is 0. The van der Waals surface area contributed by atoms with Crippen molar-refractivity contribution in [2.24, 2.45) is 23.7 Å². The van der Waals surface area contributed by atoms with Gasteiger partial charge < -0.3 is 9.64 Å². The van der Waals surface area contributed by atoms with Crippen LogP contribution in [0.2, 0.25) is 0 Å². The van der Waals surface area contributed by atoms with E-state index in [-0.39, 0.29) is 41.4 Å². The summed E-state index contributed by atoms with van der Waals surface area (Å²) in [5, 5.41) is 0. The van der Waals surface area contributed by atoms with Crippen LogP contribution in [0.3, 0.4) is 0 Å². The number of likely N-dealkylation sites (tertiary alicyclic amines) is 1. The second kappa shape index (κ2) is 6.90. The molecule has 0 aromatic carbocycles. The second-order valence-corrected chi connectivity index (χ2v) is 7.63. The number of allylic oxidation sites excluding steroid dienone is 2. The lowest BCUT2D eigenvalue weighted by Gasteiger charge is -2.26. The summed E-state index contributed by atoms with van der Waals surface area (Å²) in [6.45, 7) is 3.15. The molecule has 2 saturated heterocycles. The van der Waals surface area contributed by atoms with E-state index in [1.807, 2.05) is 4.90 Å². The quantitative estimate of drug-likeness (QED) is 0.412. The number of ether oxygens (including phenoxy) is 1. The van der Waals surface area contributed by atoms with Crippen LogP contribution in [0.4, 0.5) is 0 Å². The normalized spacial score (nSPS) is 33.4. The summed E-state index contributed by atoms with van der Waals surface area (Å²) in [5.74, 6) is 0.641. The highest BCUT2D eigenvalue weighted by molar-refractivity contribution is 6.06. The molecule has 4 aliphatic rings. The molecule has 0 aromatic rings. The summed E-state index contributed by atoms with van der Waals surface area (Å²) < 4.78 is 5.25. The van der Waals surface area contributed by atoms with Crippen molar-refractivity contribution in [2.75, 3.05) is 32.8 Å². The SMILES string of the molecule is O=C(CCCCCN1C(=O)C2C3C=CC(C3)C2C1=O)N1CCOCC1. The first kappa shape index (κ1) is 16.8. The van der Waals surface area contributed by atoms with Crippen LogP contribution in [0.1, 0.15) is 32.1 Å². The van der Waals surface area contributed by atoms with Crippen LogP contribution in [0.5, 0.6) is 0 Å². The number of fused-ring (bicyclic) bond motifs is 5. The number of unbranched alkanes of at least 4 members (excludes halogenated alkanes) is 2. The van der Waals surface area contributed by atoms with E-state index in [1.54, 1.807) is 0 Å². The summed E-state index contributed by atoms with van der Waals surface area (Å²) in [4.78, 5) is 40.6. The molecular formula is C19H26N2O4. The Bertz CT molecular complexity index is 566. The van der Waals surface area contributed by atoms with Crippen LogP contribution in [-0.4, -0.2) is 60.4 Å². The molecule has 2 aliphatic carbocycles. The fourth-order valence-corrected chi connectivity index (χ4v) is 4.88. The lowest BCUT2D eigenvalue weighted by molar-refractivity contribution is -0.141. The Morgan fingerprint density at radius 1 is 1.00 bits per heavy atom. The highest BCUT2D eigenvalue weighted by Crippen LogP contribution is 2.52. The van der Waals surface area contributed by atoms with E-state index in [1.165, 1.54) is 4.90 Å². The van der Waals surface area contributed by atoms with Crippen molar-refractivity contribution in [3.8, 4) is 0 Å². The first-order chi connectivity index (χ1) is 12.2. The van der Waals surface area contributed by atoms with Gasteiger partial charge in [0.2, 0.25) is 17.7 Å². The Labute approximate surface area is 148 Å². The Kier molecular flexibility index (Phi) is 4.63. The summed E-state index contributed by atoms with van der Waals surface area (Å²) in [5.41, 5.74) is 0. The van der Waals surface area contributed by atoms with Crippen molar-refractivity contribution < 1.29 is 19.1 Å². The van der Waals surface area contributed by atoms with Gasteiger partial charge in [0.05, 0.1) is 25.0 Å². The van der Waals surface area contributed by atoms with Crippen molar-refractivity contribution in [3.05, 3.63) is 12.2 Å². The van der Waals surface area contributed by atoms with Gasteiger partial charge in [0.15, 0.2) is 0 Å². The van der Waals surface area contributed by atoms with Crippen LogP contribution in [0.25, 0.3) is 0 Å². The van der Waals surface area contributed by atoms with Crippen LogP contribution in [0, 0.1) is 23.7 Å². The third kappa shape index (κ3) is 3.01. The van der Waals surface area contributed by atoms with Gasteiger partial charge in [0, 0.05) is 26.1 Å². The maximum absolute atomic E-state index is 12.6. The lowest BCUT2D eigenvalue weighted by Crippen LogP contribution is -2.40. The monoisotopic (exact) mass is 346 g/mol. The van der Waals surface area contributed by atoms with Crippen LogP contribution in [-0.2, 0) is 19.1 Å². The lowest BCUT2D eigenvalue weighted by atomic mass is 9.85. The zero-order chi connectivity index (χ0) is 17.4. The molecule has 0 radical (unpaired) electrons. The zero-order valence-corrected chi connectivity index (χ0v) is 14.6. The van der Waals surface area contributed by atoms with Crippen molar-refractivity contribution in [2.45, 2.75) is 32.1 Å². The number of amides is 3. The average molecular weight is 346 g/mol. The molecule has 6 nitrogen and oxygen atoms in total. The predicted molar refractivity (Wildman–Crippen MR) is 90.3 cm³/mol. The fourth-order valence-electron chi connectivity index (χ4n) is 4.88. The molecule has 2 bridgehead atoms. The molecule has 4 atom stereocenters. The number of morpholine rings is 1. The molecule has 1 saturated carbocycles. The molecule has 136 valence electrons. The average Bonchev–Trinajstić information content (AvgIpc) is 3.31. The number of carbonyl (C=O) groups is 3. The maximum atomic E-state index is 12.6. The zero-order valence-electron chi connectivity index (χ0n) is 14.6. The van der Waals surface area contributed by atoms with E-state index in [4.69, 9.17) is 4.74 Å². The van der Waals surface area contributed by atoms with Crippen LogP contribution < -0.4 is 0 Å². The molecule has 3 amide bonds. The molecule has 3 fully saturated rings. The first-order valence-corrected chi connectivity index (χ1v) is 9.56. The molecule has 0 N–H and O–H groups in total. The molecule has 0 aromatic heterocycles. The van der Waals surface area contributed by atoms with Crippen molar-refractivity contribution in [1.82, 2.24) is 9.80 Å². The summed E-state index contributed by atoms with van der Waals surface area (Å²) in [6.07, 6.45) is 8.23. The number of carbonyl (C=O) groups excluding carboxylic acids is 3. The minimum Gasteiger partial charge on any atom is -0.378 e. The van der Waals surface area contributed by atoms with E-state index < -0.39 is 0 Å². The van der Waals surface area contributed by atoms with Gasteiger partial charge in [-0.1, -0.05) is 18.6 Å². The number of nitrogens with zero attached hydrogens (tertiary/aromatic N) is 2. The topological polar surface area (TPSA) is 66.9 Å². The molecule has 2 heterocycles. The van der Waals surface area contributed by atoms with E-state index in [0.29, 0.717) is 39.3 Å². The minimum atomic E-state index is -0.0922. The van der Waals surface area contributed by atoms with Gasteiger partial charge in [-0.3, -0.25) is 19.3 Å². The van der Waals surface area contributed by atoms with Crippen molar-refractivity contribution in [3.63, 3.8) is 0 Å². The highest BCUT2D eigenvalue weighted by Gasteiger charge is 2.58. The van der Waals surface area contributed by atoms with Crippen molar-refractivity contribution >= 4 is 17.7 Å². The van der Waals surface area contributed by atoms with Gasteiger partial charge >= 0.3 is 0 Å². The Hall–Kier alpha value is -1.69. The summed E-state index contributed by atoms with van der Waals surface area (Å²) in [7, 11) is 0. The largest absolute Gasteiger partial charge is 0.378 e. The Morgan fingerprint density at radius 3 is 2.28 bits per heavy atom. The van der Waals surface area contributed by atoms with Gasteiger partial charge in [0.25, 0.3) is 0 Å². The predicted octanol–water partition coefficient (Wildman–Crippen LogP) is 1.21. The maximum Gasteiger partial charge on any atom is 0.233 e. The number of hydrogen-bond acceptors (Lipinski definition) is 4. The molecule has 4 rings (SSSR count). The van der Waals surface area contributed by atoms with Gasteiger partial charge in [-0.15, -0.1) is 0 Å². The Balaban J connectivity index is 1.19. The molecule has 4 unspecified atom stereocenters. The smallest absolute Gasteiger partial charge is 0.233 e. The second-order valence-electron chi connectivity index (χ2n) is 7.63. The van der Waals surface area contributed by atoms with Crippen LogP contribution >= 0.6 is 0 Å². The third-order valence-corrected chi connectivity index (χ3v) is 6.20. The van der Waals surface area contributed by atoms with Gasteiger partial charge in [-0.05, 0) is 31.1 Å². The summed E-state index contributed by atoms with van der Waals surface area (Å²) in [6, 6.07) is 0. The van der Waals surface area contributed by atoms with E-state index in [0.717, 1.165) is 25.7 Å². The first-order valence-electron chi connectivity index (χ1n) is 9.56. The third-order valence-electron chi connectivity index (χ3n) is 6.20. The molecule has 0 spiro atoms. The van der Waals surface area contributed by atoms with Gasteiger partial charge in [-0.25, -0.2) is 0 Å². The molecule has 6 heteroatoms. The van der Waals surface area contributed by atoms with Crippen LogP contribution in [0.15, 0.2) is 12.2 Å². The van der Waals surface area contributed by atoms with E-state index >= 15 is 0 Å². The van der Waals surface area contributed by atoms with Crippen molar-refractivity contribution in [1.29, 1.82) is 0 Å². The number of rotatable bonds is 6. The molecule has 2 aliphatic heterocycles. The van der Waals surface area contributed by atoms with E-state index in [9.17, 15) is 14.4 Å². The van der Waals surface area contributed by atoms with Gasteiger partial charge in [-0.2, -0.15) is 0 Å². The fraction of sp³-hybridized carbons (Fsp3) is 0.737. The summed E-state index contributed by atoms with van der Waals surface area (Å²) >= 11 is 0.